The first-order valence-electron chi connectivity index (χ1n) is 7.14. The van der Waals surface area contributed by atoms with Crippen LogP contribution in [0.25, 0.3) is 26.4 Å². The van der Waals surface area contributed by atoms with Crippen LogP contribution in [0.5, 0.6) is 0 Å². The predicted octanol–water partition coefficient (Wildman–Crippen LogP) is 1.39. The van der Waals surface area contributed by atoms with Crippen LogP contribution >= 0.6 is 11.6 Å². The van der Waals surface area contributed by atoms with Crippen LogP contribution in [0, 0.1) is 0 Å². The van der Waals surface area contributed by atoms with Crippen molar-refractivity contribution < 1.29 is 49.0 Å². The van der Waals surface area contributed by atoms with Crippen molar-refractivity contribution in [2.24, 2.45) is 10.1 Å². The summed E-state index contributed by atoms with van der Waals surface area (Å²) in [6, 6.07) is 0. The Balaban J connectivity index is -0.0000000509. The molecular formula is C13H25ClN7NaO4. The predicted molar refractivity (Wildman–Crippen MR) is 96.3 cm³/mol. The maximum atomic E-state index is 10.2. The van der Waals surface area contributed by atoms with Gasteiger partial charge in [0.25, 0.3) is 0 Å². The number of aliphatic imine (C=N–C) groups is 1. The zero-order valence-corrected chi connectivity index (χ0v) is 18.7. The number of carbonyl (C=O) groups excluding carboxylic acids is 3. The van der Waals surface area contributed by atoms with E-state index in [9.17, 15) is 14.4 Å². The molecule has 0 radical (unpaired) electrons. The average molecular weight is 402 g/mol. The molecular weight excluding hydrogens is 377 g/mol. The van der Waals surface area contributed by atoms with E-state index in [-0.39, 0.29) is 40.7 Å². The minimum absolute atomic E-state index is 0. The van der Waals surface area contributed by atoms with Gasteiger partial charge in [-0.05, 0) is 41.5 Å². The summed E-state index contributed by atoms with van der Waals surface area (Å²) in [6.45, 7) is 6.34. The van der Waals surface area contributed by atoms with E-state index in [1.165, 1.54) is 11.0 Å². The van der Waals surface area contributed by atoms with Crippen LogP contribution in [0.15, 0.2) is 10.1 Å². The van der Waals surface area contributed by atoms with E-state index >= 15 is 0 Å². The second-order valence-corrected chi connectivity index (χ2v) is 3.92. The van der Waals surface area contributed by atoms with Crippen LogP contribution < -0.4 is 29.6 Å². The van der Waals surface area contributed by atoms with Crippen LogP contribution in [-0.2, 0) is 14.4 Å². The van der Waals surface area contributed by atoms with Crippen molar-refractivity contribution in [1.29, 1.82) is 0 Å². The van der Waals surface area contributed by atoms with Crippen molar-refractivity contribution >= 4 is 28.8 Å². The Labute approximate surface area is 180 Å². The van der Waals surface area contributed by atoms with E-state index in [2.05, 4.69) is 15.0 Å². The second kappa shape index (κ2) is 49.5. The first-order chi connectivity index (χ1) is 11.9. The number of hydrogen-bond acceptors (Lipinski definition) is 5. The standard InChI is InChI=1S/C4H7ClO.C4H7N3O.C4H7NO.CH4O.N3.Na/c1-2-3-4(5)6;1-2-3-4(8)6-7-5;1-2-3-5-4-6;1-2;1-3-2;/h2-3H2,1H3;2-3H2,1H3;2-3H2,1H3;2H,1H3;;/q;;;;-1;+1. The summed E-state index contributed by atoms with van der Waals surface area (Å²) in [5, 5.41) is 9.62. The number of aliphatic hydroxyl groups excluding tert-OH is 1. The normalized spacial score (nSPS) is 6.38. The van der Waals surface area contributed by atoms with E-state index in [0.29, 0.717) is 19.4 Å². The van der Waals surface area contributed by atoms with Crippen molar-refractivity contribution in [3.05, 3.63) is 26.4 Å². The van der Waals surface area contributed by atoms with Crippen LogP contribution in [-0.4, -0.2) is 36.0 Å². The third-order valence-corrected chi connectivity index (χ3v) is 1.66. The summed E-state index contributed by atoms with van der Waals surface area (Å²) in [7, 11) is 1.00. The molecule has 13 heteroatoms. The molecule has 0 aromatic heterocycles. The van der Waals surface area contributed by atoms with Gasteiger partial charge >= 0.3 is 29.6 Å². The molecule has 0 spiro atoms. The zero-order valence-electron chi connectivity index (χ0n) is 15.9. The number of rotatable bonds is 6. The van der Waals surface area contributed by atoms with E-state index < -0.39 is 0 Å². The van der Waals surface area contributed by atoms with Crippen LogP contribution in [0.2, 0.25) is 0 Å². The van der Waals surface area contributed by atoms with Gasteiger partial charge in [0.1, 0.15) is 0 Å². The number of halogens is 1. The summed E-state index contributed by atoms with van der Waals surface area (Å²) in [5.74, 6) is -0.380. The van der Waals surface area contributed by atoms with Gasteiger partial charge in [0.2, 0.25) is 17.2 Å². The van der Waals surface area contributed by atoms with Gasteiger partial charge < -0.3 is 16.2 Å². The molecule has 11 nitrogen and oxygen atoms in total. The van der Waals surface area contributed by atoms with Gasteiger partial charge in [0.05, 0.1) is 6.54 Å². The third-order valence-electron chi connectivity index (χ3n) is 1.47. The Morgan fingerprint density at radius 3 is 1.62 bits per heavy atom. The smallest absolute Gasteiger partial charge is 0.400 e. The van der Waals surface area contributed by atoms with Gasteiger partial charge in [-0.2, -0.15) is 0 Å². The minimum atomic E-state index is -0.380. The molecule has 1 amide bonds. The fourth-order valence-electron chi connectivity index (χ4n) is 0.668. The molecule has 0 unspecified atom stereocenters. The first kappa shape index (κ1) is 39.6. The zero-order chi connectivity index (χ0) is 20.9. The number of amides is 1. The minimum Gasteiger partial charge on any atom is -0.400 e. The molecule has 0 saturated carbocycles. The van der Waals surface area contributed by atoms with E-state index in [1.807, 2.05) is 20.8 Å². The van der Waals surface area contributed by atoms with Gasteiger partial charge in [0, 0.05) is 24.9 Å². The molecule has 0 rings (SSSR count). The number of nitrogens with zero attached hydrogens (tertiary/aromatic N) is 7. The molecule has 0 atom stereocenters. The molecule has 1 N–H and O–H groups in total. The maximum absolute atomic E-state index is 10.2. The topological polar surface area (TPSA) is 191 Å². The molecule has 0 saturated heterocycles. The average Bonchev–Trinajstić information content (AvgIpc) is 2.57. The molecule has 0 bridgehead atoms. The molecule has 0 aliphatic carbocycles. The second-order valence-electron chi connectivity index (χ2n) is 3.50. The number of azide groups is 1. The molecule has 0 aliphatic heterocycles. The molecule has 0 aromatic rings. The molecule has 144 valence electrons. The number of carbonyl (C=O) groups is 2. The maximum Gasteiger partial charge on any atom is 1.00 e. The van der Waals surface area contributed by atoms with Crippen molar-refractivity contribution in [1.82, 2.24) is 0 Å². The number of hydrogen-bond donors (Lipinski definition) is 1. The fourth-order valence-corrected chi connectivity index (χ4v) is 0.857. The van der Waals surface area contributed by atoms with Crippen molar-refractivity contribution in [2.75, 3.05) is 13.7 Å². The summed E-state index contributed by atoms with van der Waals surface area (Å²) >= 11 is 4.94. The molecule has 26 heavy (non-hydrogen) atoms. The Morgan fingerprint density at radius 2 is 1.46 bits per heavy atom. The first-order valence-corrected chi connectivity index (χ1v) is 7.52. The Bertz CT molecular complexity index is 430. The largest absolute Gasteiger partial charge is 1.00 e. The molecule has 0 heterocycles. The number of aliphatic hydroxyl groups is 1. The van der Waals surface area contributed by atoms with Crippen LogP contribution in [0.4, 0.5) is 0 Å². The van der Waals surface area contributed by atoms with Gasteiger partial charge in [-0.3, -0.25) is 14.5 Å². The quantitative estimate of drug-likeness (QED) is 0.134. The molecule has 0 aliphatic rings. The van der Waals surface area contributed by atoms with E-state index in [0.717, 1.165) is 26.4 Å². The summed E-state index contributed by atoms with van der Waals surface area (Å²) < 4.78 is 0. The van der Waals surface area contributed by atoms with Gasteiger partial charge in [-0.1, -0.05) is 20.8 Å². The van der Waals surface area contributed by atoms with Gasteiger partial charge in [0.15, 0.2) is 0 Å². The Morgan fingerprint density at radius 1 is 1.04 bits per heavy atom. The summed E-state index contributed by atoms with van der Waals surface area (Å²) in [5.41, 5.74) is 21.2. The van der Waals surface area contributed by atoms with Crippen molar-refractivity contribution in [2.45, 2.75) is 52.9 Å². The van der Waals surface area contributed by atoms with E-state index in [1.54, 1.807) is 0 Å². The van der Waals surface area contributed by atoms with Crippen LogP contribution in [0.1, 0.15) is 52.9 Å². The monoisotopic (exact) mass is 401 g/mol. The Kier molecular flexibility index (Phi) is 75.4. The summed E-state index contributed by atoms with van der Waals surface area (Å²) in [6.07, 6.45) is 4.81. The molecule has 0 aromatic carbocycles. The van der Waals surface area contributed by atoms with Crippen molar-refractivity contribution in [3.63, 3.8) is 0 Å². The van der Waals surface area contributed by atoms with E-state index in [4.69, 9.17) is 33.3 Å². The van der Waals surface area contributed by atoms with Crippen LogP contribution in [0.3, 0.4) is 0 Å². The van der Waals surface area contributed by atoms with Gasteiger partial charge in [-0.15, -0.1) is 0 Å². The SMILES string of the molecule is CCCC(=O)Cl.CCCC(=O)N=[N+]=[N-].CCCN=C=O.CO.[N-]=[N+]=[N-].[Na+]. The molecule has 0 fully saturated rings. The number of isocyanates is 1. The third kappa shape index (κ3) is 93.9. The Hall–Kier alpha value is -1.41. The summed E-state index contributed by atoms with van der Waals surface area (Å²) in [4.78, 5) is 36.4. The van der Waals surface area contributed by atoms with Gasteiger partial charge in [-0.25, -0.2) is 9.79 Å². The fraction of sp³-hybridized carbons (Fsp3) is 0.769. The van der Waals surface area contributed by atoms with Crippen molar-refractivity contribution in [3.8, 4) is 0 Å².